The Balaban J connectivity index is 1.15. The Morgan fingerprint density at radius 3 is 1.57 bits per heavy atom. The molecule has 0 aliphatic heterocycles. The number of rotatable bonds is 5. The monoisotopic (exact) mass is 679 g/mol. The molecule has 0 radical (unpaired) electrons. The van der Waals surface area contributed by atoms with Gasteiger partial charge in [-0.05, 0) is 54.6 Å². The second kappa shape index (κ2) is 11.6. The van der Waals surface area contributed by atoms with Crippen LogP contribution < -0.4 is 0 Å². The van der Waals surface area contributed by atoms with Gasteiger partial charge < -0.3 is 4.57 Å². The van der Waals surface area contributed by atoms with Crippen molar-refractivity contribution >= 4 is 49.7 Å². The first-order chi connectivity index (χ1) is 26.3. The van der Waals surface area contributed by atoms with Crippen molar-refractivity contribution in [2.75, 3.05) is 0 Å². The molecule has 0 saturated carbocycles. The maximum Gasteiger partial charge on any atom is 0.220 e. The second-order valence-electron chi connectivity index (χ2n) is 13.2. The molecule has 7 heteroatoms. The average Bonchev–Trinajstić information content (AvgIpc) is 3.87. The summed E-state index contributed by atoms with van der Waals surface area (Å²) in [6.45, 7) is 0. The SMILES string of the molecule is c1ccc(-c2nc(-c3ccccc3)nc(-c3cccc(-n4c5ccccc5c5cc6nc7n(-c8ccccc8)c8ccccc8n7c6cc54)c3)n2)cc1. The molecule has 53 heavy (non-hydrogen) atoms. The Kier molecular flexibility index (Phi) is 6.42. The largest absolute Gasteiger partial charge is 0.309 e. The van der Waals surface area contributed by atoms with E-state index in [4.69, 9.17) is 19.9 Å². The van der Waals surface area contributed by atoms with E-state index in [9.17, 15) is 0 Å². The zero-order valence-corrected chi connectivity index (χ0v) is 28.4. The molecule has 0 bridgehead atoms. The lowest BCUT2D eigenvalue weighted by molar-refractivity contribution is 1.07. The fourth-order valence-electron chi connectivity index (χ4n) is 7.70. The third-order valence-electron chi connectivity index (χ3n) is 10.1. The summed E-state index contributed by atoms with van der Waals surface area (Å²) in [4.78, 5) is 20.2. The highest BCUT2D eigenvalue weighted by Gasteiger charge is 2.21. The van der Waals surface area contributed by atoms with Gasteiger partial charge in [0.15, 0.2) is 17.5 Å². The summed E-state index contributed by atoms with van der Waals surface area (Å²) in [5, 5.41) is 2.31. The van der Waals surface area contributed by atoms with Crippen LogP contribution in [0, 0.1) is 0 Å². The highest BCUT2D eigenvalue weighted by molar-refractivity contribution is 6.13. The predicted octanol–water partition coefficient (Wildman–Crippen LogP) is 10.7. The Hall–Kier alpha value is -7.38. The summed E-state index contributed by atoms with van der Waals surface area (Å²) in [5.41, 5.74) is 11.3. The number of imidazole rings is 2. The zero-order valence-electron chi connectivity index (χ0n) is 28.4. The number of benzene rings is 7. The van der Waals surface area contributed by atoms with Gasteiger partial charge in [-0.3, -0.25) is 8.97 Å². The van der Waals surface area contributed by atoms with Crippen LogP contribution in [0.1, 0.15) is 0 Å². The molecule has 4 aromatic heterocycles. The van der Waals surface area contributed by atoms with Gasteiger partial charge in [0.1, 0.15) is 0 Å². The number of nitrogens with zero attached hydrogens (tertiary/aromatic N) is 7. The molecule has 7 nitrogen and oxygen atoms in total. The fraction of sp³-hybridized carbons (Fsp3) is 0. The minimum atomic E-state index is 0.619. The number of aromatic nitrogens is 7. The van der Waals surface area contributed by atoms with Crippen molar-refractivity contribution in [1.29, 1.82) is 0 Å². The molecule has 0 fully saturated rings. The van der Waals surface area contributed by atoms with Gasteiger partial charge in [-0.15, -0.1) is 0 Å². The lowest BCUT2D eigenvalue weighted by Crippen LogP contribution is -2.01. The van der Waals surface area contributed by atoms with Gasteiger partial charge in [0.2, 0.25) is 5.78 Å². The molecular formula is C46H29N7. The van der Waals surface area contributed by atoms with Crippen molar-refractivity contribution in [3.05, 3.63) is 176 Å². The summed E-state index contributed by atoms with van der Waals surface area (Å²) < 4.78 is 6.88. The van der Waals surface area contributed by atoms with Crippen molar-refractivity contribution in [2.24, 2.45) is 0 Å². The fourth-order valence-corrected chi connectivity index (χ4v) is 7.70. The van der Waals surface area contributed by atoms with Crippen molar-refractivity contribution in [3.8, 4) is 45.5 Å². The zero-order chi connectivity index (χ0) is 34.9. The minimum absolute atomic E-state index is 0.619. The van der Waals surface area contributed by atoms with Gasteiger partial charge in [0, 0.05) is 38.8 Å². The van der Waals surface area contributed by atoms with Gasteiger partial charge in [-0.25, -0.2) is 19.9 Å². The van der Waals surface area contributed by atoms with Crippen LogP contribution in [-0.4, -0.2) is 33.5 Å². The molecule has 11 rings (SSSR count). The summed E-state index contributed by atoms with van der Waals surface area (Å²) in [7, 11) is 0. The first kappa shape index (κ1) is 29.4. The van der Waals surface area contributed by atoms with Crippen LogP contribution in [0.25, 0.3) is 95.2 Å². The number of hydrogen-bond donors (Lipinski definition) is 0. The lowest BCUT2D eigenvalue weighted by atomic mass is 10.1. The molecular weight excluding hydrogens is 651 g/mol. The molecule has 0 N–H and O–H groups in total. The van der Waals surface area contributed by atoms with Gasteiger partial charge in [0.05, 0.1) is 33.1 Å². The van der Waals surface area contributed by atoms with Crippen molar-refractivity contribution < 1.29 is 0 Å². The Bertz CT molecular complexity index is 3100. The van der Waals surface area contributed by atoms with E-state index >= 15 is 0 Å². The lowest BCUT2D eigenvalue weighted by Gasteiger charge is -2.11. The first-order valence-electron chi connectivity index (χ1n) is 17.7. The minimum Gasteiger partial charge on any atom is -0.309 e. The molecule has 0 aliphatic rings. The molecule has 0 unspecified atom stereocenters. The van der Waals surface area contributed by atoms with E-state index in [1.807, 2.05) is 66.7 Å². The summed E-state index contributed by atoms with van der Waals surface area (Å²) in [6.07, 6.45) is 0. The van der Waals surface area contributed by atoms with Crippen molar-refractivity contribution in [3.63, 3.8) is 0 Å². The van der Waals surface area contributed by atoms with Crippen LogP contribution in [0.3, 0.4) is 0 Å². The topological polar surface area (TPSA) is 65.8 Å². The van der Waals surface area contributed by atoms with Crippen LogP contribution in [0.5, 0.6) is 0 Å². The number of hydrogen-bond acceptors (Lipinski definition) is 4. The van der Waals surface area contributed by atoms with Crippen LogP contribution in [0.2, 0.25) is 0 Å². The van der Waals surface area contributed by atoms with E-state index in [0.717, 1.165) is 72.3 Å². The predicted molar refractivity (Wildman–Crippen MR) is 214 cm³/mol. The maximum absolute atomic E-state index is 5.28. The van der Waals surface area contributed by atoms with E-state index in [2.05, 4.69) is 123 Å². The number of fused-ring (bicyclic) bond motifs is 8. The normalized spacial score (nSPS) is 11.8. The molecule has 0 amide bonds. The maximum atomic E-state index is 5.28. The quantitative estimate of drug-likeness (QED) is 0.182. The van der Waals surface area contributed by atoms with Gasteiger partial charge in [-0.1, -0.05) is 121 Å². The highest BCUT2D eigenvalue weighted by Crippen LogP contribution is 2.37. The smallest absolute Gasteiger partial charge is 0.220 e. The summed E-state index contributed by atoms with van der Waals surface area (Å²) in [6, 6.07) is 60.8. The Morgan fingerprint density at radius 1 is 0.321 bits per heavy atom. The molecule has 7 aromatic carbocycles. The molecule has 4 heterocycles. The van der Waals surface area contributed by atoms with E-state index < -0.39 is 0 Å². The van der Waals surface area contributed by atoms with Gasteiger partial charge >= 0.3 is 0 Å². The van der Waals surface area contributed by atoms with Crippen molar-refractivity contribution in [2.45, 2.75) is 0 Å². The summed E-state index contributed by atoms with van der Waals surface area (Å²) >= 11 is 0. The highest BCUT2D eigenvalue weighted by atomic mass is 15.2. The molecule has 0 saturated heterocycles. The van der Waals surface area contributed by atoms with Gasteiger partial charge in [-0.2, -0.15) is 0 Å². The first-order valence-corrected chi connectivity index (χ1v) is 17.7. The standard InChI is InChI=1S/C46H29N7/c1-4-15-30(16-5-1)43-48-44(31-17-6-2-7-18-31)50-45(49-43)32-19-14-22-34(27-32)51-38-24-11-10-23-35(38)36-28-37-42(29-41(36)51)53-40-26-13-12-25-39(40)52(46(53)47-37)33-20-8-3-9-21-33/h1-29H. The van der Waals surface area contributed by atoms with E-state index in [1.54, 1.807) is 0 Å². The van der Waals surface area contributed by atoms with E-state index in [-0.39, 0.29) is 0 Å². The second-order valence-corrected chi connectivity index (χ2v) is 13.2. The number of para-hydroxylation sites is 4. The molecule has 11 aromatic rings. The van der Waals surface area contributed by atoms with Crippen LogP contribution in [0.4, 0.5) is 0 Å². The molecule has 0 spiro atoms. The third kappa shape index (κ3) is 4.61. The van der Waals surface area contributed by atoms with Crippen LogP contribution in [-0.2, 0) is 0 Å². The average molecular weight is 680 g/mol. The molecule has 248 valence electrons. The van der Waals surface area contributed by atoms with Gasteiger partial charge in [0.25, 0.3) is 0 Å². The van der Waals surface area contributed by atoms with Crippen molar-refractivity contribution in [1.82, 2.24) is 33.5 Å². The van der Waals surface area contributed by atoms with E-state index in [1.165, 1.54) is 5.39 Å². The molecule has 0 atom stereocenters. The Labute approximate surface area is 303 Å². The Morgan fingerprint density at radius 2 is 0.868 bits per heavy atom. The van der Waals surface area contributed by atoms with Crippen LogP contribution in [0.15, 0.2) is 176 Å². The summed E-state index contributed by atoms with van der Waals surface area (Å²) in [5.74, 6) is 2.78. The molecule has 0 aliphatic carbocycles. The van der Waals surface area contributed by atoms with E-state index in [0.29, 0.717) is 17.5 Å². The third-order valence-corrected chi connectivity index (χ3v) is 10.1. The van der Waals surface area contributed by atoms with Crippen LogP contribution >= 0.6 is 0 Å².